The summed E-state index contributed by atoms with van der Waals surface area (Å²) in [6, 6.07) is 12.6. The number of amides is 2. The molecular weight excluding hydrogens is 332 g/mol. The van der Waals surface area contributed by atoms with E-state index in [9.17, 15) is 9.59 Å². The van der Waals surface area contributed by atoms with Crippen LogP contribution < -0.4 is 15.0 Å². The lowest BCUT2D eigenvalue weighted by Gasteiger charge is -2.29. The molecule has 0 saturated heterocycles. The molecule has 6 nitrogen and oxygen atoms in total. The van der Waals surface area contributed by atoms with Crippen molar-refractivity contribution in [3.63, 3.8) is 0 Å². The summed E-state index contributed by atoms with van der Waals surface area (Å²) < 4.78 is 10.1. The zero-order valence-corrected chi connectivity index (χ0v) is 15.0. The SMILES string of the molecule is COCC(=O)N1CCCc2cc(NC(=O)c3cccc(OC)c3)ccc21. The van der Waals surface area contributed by atoms with E-state index in [1.807, 2.05) is 18.2 Å². The lowest BCUT2D eigenvalue weighted by atomic mass is 10.0. The quantitative estimate of drug-likeness (QED) is 0.896. The third-order valence-electron chi connectivity index (χ3n) is 4.36. The van der Waals surface area contributed by atoms with Crippen LogP contribution >= 0.6 is 0 Å². The number of benzene rings is 2. The number of aryl methyl sites for hydroxylation is 1. The molecule has 6 heteroatoms. The molecule has 136 valence electrons. The first kappa shape index (κ1) is 17.9. The predicted molar refractivity (Wildman–Crippen MR) is 99.9 cm³/mol. The highest BCUT2D eigenvalue weighted by molar-refractivity contribution is 6.05. The van der Waals surface area contributed by atoms with Gasteiger partial charge in [0.1, 0.15) is 12.4 Å². The van der Waals surface area contributed by atoms with Crippen LogP contribution in [0.25, 0.3) is 0 Å². The van der Waals surface area contributed by atoms with E-state index in [-0.39, 0.29) is 18.4 Å². The Balaban J connectivity index is 1.78. The Kier molecular flexibility index (Phi) is 5.53. The molecule has 2 amide bonds. The summed E-state index contributed by atoms with van der Waals surface area (Å²) in [5.41, 5.74) is 3.17. The van der Waals surface area contributed by atoms with Gasteiger partial charge in [-0.05, 0) is 54.8 Å². The molecule has 0 aliphatic carbocycles. The van der Waals surface area contributed by atoms with Gasteiger partial charge in [0.15, 0.2) is 0 Å². The average molecular weight is 354 g/mol. The van der Waals surface area contributed by atoms with Crippen molar-refractivity contribution in [1.29, 1.82) is 0 Å². The number of anilines is 2. The van der Waals surface area contributed by atoms with Gasteiger partial charge in [-0.2, -0.15) is 0 Å². The standard InChI is InChI=1S/C20H22N2O4/c1-25-13-19(23)22-10-4-6-14-11-16(8-9-18(14)22)21-20(24)15-5-3-7-17(12-15)26-2/h3,5,7-9,11-12H,4,6,10,13H2,1-2H3,(H,21,24). The molecule has 1 aliphatic rings. The van der Waals surface area contributed by atoms with Gasteiger partial charge in [-0.1, -0.05) is 6.07 Å². The Morgan fingerprint density at radius 3 is 2.77 bits per heavy atom. The lowest BCUT2D eigenvalue weighted by molar-refractivity contribution is -0.122. The van der Waals surface area contributed by atoms with Gasteiger partial charge in [0.25, 0.3) is 11.8 Å². The van der Waals surface area contributed by atoms with Gasteiger partial charge in [-0.15, -0.1) is 0 Å². The maximum absolute atomic E-state index is 12.5. The minimum absolute atomic E-state index is 0.0541. The van der Waals surface area contributed by atoms with E-state index in [0.717, 1.165) is 24.1 Å². The first-order valence-electron chi connectivity index (χ1n) is 8.50. The van der Waals surface area contributed by atoms with Gasteiger partial charge in [-0.3, -0.25) is 9.59 Å². The summed E-state index contributed by atoms with van der Waals surface area (Å²) in [4.78, 5) is 26.4. The third-order valence-corrected chi connectivity index (χ3v) is 4.36. The molecule has 2 aromatic carbocycles. The Labute approximate surface area is 152 Å². The highest BCUT2D eigenvalue weighted by Gasteiger charge is 2.22. The number of nitrogens with one attached hydrogen (secondary N) is 1. The Morgan fingerprint density at radius 2 is 2.00 bits per heavy atom. The second kappa shape index (κ2) is 8.01. The largest absolute Gasteiger partial charge is 0.497 e. The highest BCUT2D eigenvalue weighted by atomic mass is 16.5. The summed E-state index contributed by atoms with van der Waals surface area (Å²) in [6.07, 6.45) is 1.75. The summed E-state index contributed by atoms with van der Waals surface area (Å²) in [5, 5.41) is 2.91. The number of hydrogen-bond donors (Lipinski definition) is 1. The van der Waals surface area contributed by atoms with Crippen molar-refractivity contribution in [1.82, 2.24) is 0 Å². The average Bonchev–Trinajstić information content (AvgIpc) is 2.67. The van der Waals surface area contributed by atoms with Crippen LogP contribution in [-0.2, 0) is 16.0 Å². The van der Waals surface area contributed by atoms with E-state index < -0.39 is 0 Å². The zero-order chi connectivity index (χ0) is 18.5. The van der Waals surface area contributed by atoms with Crippen LogP contribution in [0.1, 0.15) is 22.3 Å². The van der Waals surface area contributed by atoms with Gasteiger partial charge in [-0.25, -0.2) is 0 Å². The number of fused-ring (bicyclic) bond motifs is 1. The van der Waals surface area contributed by atoms with Gasteiger partial charge in [0.2, 0.25) is 0 Å². The van der Waals surface area contributed by atoms with E-state index in [0.29, 0.717) is 23.5 Å². The van der Waals surface area contributed by atoms with Crippen LogP contribution in [0.2, 0.25) is 0 Å². The van der Waals surface area contributed by atoms with Crippen LogP contribution in [-0.4, -0.2) is 39.2 Å². The van der Waals surface area contributed by atoms with E-state index >= 15 is 0 Å². The fourth-order valence-corrected chi connectivity index (χ4v) is 3.10. The van der Waals surface area contributed by atoms with Crippen molar-refractivity contribution < 1.29 is 19.1 Å². The Hall–Kier alpha value is -2.86. The highest BCUT2D eigenvalue weighted by Crippen LogP contribution is 2.30. The molecule has 0 saturated carbocycles. The Bertz CT molecular complexity index is 819. The van der Waals surface area contributed by atoms with Gasteiger partial charge >= 0.3 is 0 Å². The molecule has 1 N–H and O–H groups in total. The molecule has 1 heterocycles. The van der Waals surface area contributed by atoms with Crippen LogP contribution in [0.15, 0.2) is 42.5 Å². The maximum Gasteiger partial charge on any atom is 0.255 e. The second-order valence-electron chi connectivity index (χ2n) is 6.11. The molecule has 0 aromatic heterocycles. The van der Waals surface area contributed by atoms with Crippen molar-refractivity contribution in [2.45, 2.75) is 12.8 Å². The molecule has 26 heavy (non-hydrogen) atoms. The molecule has 0 fully saturated rings. The molecule has 0 bridgehead atoms. The van der Waals surface area contributed by atoms with Gasteiger partial charge < -0.3 is 19.7 Å². The predicted octanol–water partition coefficient (Wildman–Crippen LogP) is 2.87. The summed E-state index contributed by atoms with van der Waals surface area (Å²) in [5.74, 6) is 0.379. The molecule has 0 radical (unpaired) electrons. The van der Waals surface area contributed by atoms with Crippen molar-refractivity contribution in [3.8, 4) is 5.75 Å². The molecule has 1 aliphatic heterocycles. The van der Waals surface area contributed by atoms with Gasteiger partial charge in [0.05, 0.1) is 7.11 Å². The first-order chi connectivity index (χ1) is 12.6. The number of carbonyl (C=O) groups excluding carboxylic acids is 2. The molecule has 0 spiro atoms. The van der Waals surface area contributed by atoms with E-state index in [1.54, 1.807) is 36.3 Å². The lowest BCUT2D eigenvalue weighted by Crippen LogP contribution is -2.37. The number of hydrogen-bond acceptors (Lipinski definition) is 4. The van der Waals surface area contributed by atoms with E-state index in [1.165, 1.54) is 7.11 Å². The topological polar surface area (TPSA) is 67.9 Å². The minimum Gasteiger partial charge on any atom is -0.497 e. The normalized spacial score (nSPS) is 13.1. The van der Waals surface area contributed by atoms with Gasteiger partial charge in [0, 0.05) is 30.6 Å². The maximum atomic E-state index is 12.5. The number of carbonyl (C=O) groups is 2. The molecule has 2 aromatic rings. The van der Waals surface area contributed by atoms with Crippen LogP contribution in [0, 0.1) is 0 Å². The number of nitrogens with zero attached hydrogens (tertiary/aromatic N) is 1. The third kappa shape index (κ3) is 3.86. The molecular formula is C20H22N2O4. The minimum atomic E-state index is -0.202. The molecule has 0 atom stereocenters. The number of methoxy groups -OCH3 is 2. The second-order valence-corrected chi connectivity index (χ2v) is 6.11. The van der Waals surface area contributed by atoms with Crippen LogP contribution in [0.4, 0.5) is 11.4 Å². The van der Waals surface area contributed by atoms with Crippen molar-refractivity contribution in [3.05, 3.63) is 53.6 Å². The number of ether oxygens (including phenoxy) is 2. The monoisotopic (exact) mass is 354 g/mol. The Morgan fingerprint density at radius 1 is 1.15 bits per heavy atom. The first-order valence-corrected chi connectivity index (χ1v) is 8.50. The van der Waals surface area contributed by atoms with Crippen molar-refractivity contribution >= 4 is 23.2 Å². The van der Waals surface area contributed by atoms with Crippen LogP contribution in [0.5, 0.6) is 5.75 Å². The summed E-state index contributed by atoms with van der Waals surface area (Å²) >= 11 is 0. The van der Waals surface area contributed by atoms with Crippen LogP contribution in [0.3, 0.4) is 0 Å². The fourth-order valence-electron chi connectivity index (χ4n) is 3.10. The fraction of sp³-hybridized carbons (Fsp3) is 0.300. The molecule has 3 rings (SSSR count). The summed E-state index contributed by atoms with van der Waals surface area (Å²) in [7, 11) is 3.08. The van der Waals surface area contributed by atoms with Crippen molar-refractivity contribution in [2.24, 2.45) is 0 Å². The van der Waals surface area contributed by atoms with E-state index in [4.69, 9.17) is 9.47 Å². The summed E-state index contributed by atoms with van der Waals surface area (Å²) in [6.45, 7) is 0.748. The molecule has 0 unspecified atom stereocenters. The zero-order valence-electron chi connectivity index (χ0n) is 15.0. The number of rotatable bonds is 5. The van der Waals surface area contributed by atoms with Crippen molar-refractivity contribution in [2.75, 3.05) is 37.6 Å². The van der Waals surface area contributed by atoms with E-state index in [2.05, 4.69) is 5.32 Å². The smallest absolute Gasteiger partial charge is 0.255 e.